The van der Waals surface area contributed by atoms with Crippen molar-refractivity contribution in [3.63, 3.8) is 0 Å². The maximum absolute atomic E-state index is 6.55. The van der Waals surface area contributed by atoms with Gasteiger partial charge in [0.1, 0.15) is 6.10 Å². The first-order valence-electron chi connectivity index (χ1n) is 12.5. The van der Waals surface area contributed by atoms with Crippen molar-refractivity contribution in [3.05, 3.63) is 77.7 Å². The van der Waals surface area contributed by atoms with Crippen LogP contribution in [0.25, 0.3) is 16.7 Å². The zero-order valence-corrected chi connectivity index (χ0v) is 22.9. The average molecular weight is 475 g/mol. The van der Waals surface area contributed by atoms with Crippen LogP contribution in [-0.2, 0) is 7.05 Å². The molecule has 0 aliphatic carbocycles. The van der Waals surface area contributed by atoms with E-state index in [4.69, 9.17) is 4.74 Å². The molecule has 35 heavy (non-hydrogen) atoms. The molecule has 1 aromatic carbocycles. The summed E-state index contributed by atoms with van der Waals surface area (Å²) >= 11 is 0. The summed E-state index contributed by atoms with van der Waals surface area (Å²) < 4.78 is 8.37. The predicted molar refractivity (Wildman–Crippen MR) is 148 cm³/mol. The van der Waals surface area contributed by atoms with E-state index in [-0.39, 0.29) is 6.10 Å². The summed E-state index contributed by atoms with van der Waals surface area (Å²) in [4.78, 5) is 4.79. The van der Waals surface area contributed by atoms with E-state index in [1.165, 1.54) is 11.3 Å². The van der Waals surface area contributed by atoms with Crippen molar-refractivity contribution in [2.24, 2.45) is 7.05 Å². The normalized spacial score (nSPS) is 20.6. The number of rotatable bonds is 4. The molecule has 0 spiro atoms. The van der Waals surface area contributed by atoms with Crippen LogP contribution in [-0.4, -0.2) is 58.4 Å². The molecule has 0 fully saturated rings. The molecule has 0 saturated carbocycles. The van der Waals surface area contributed by atoms with E-state index in [2.05, 4.69) is 107 Å². The Bertz CT molecular complexity index is 1150. The maximum atomic E-state index is 6.55. The quantitative estimate of drug-likeness (QED) is 0.525. The Hall–Kier alpha value is -3.05. The minimum atomic E-state index is -0.0198. The van der Waals surface area contributed by atoms with Gasteiger partial charge < -0.3 is 9.64 Å². The Morgan fingerprint density at radius 1 is 1.26 bits per heavy atom. The molecular weight excluding hydrogens is 432 g/mol. The molecule has 0 radical (unpaired) electrons. The molecule has 0 amide bonds. The van der Waals surface area contributed by atoms with Gasteiger partial charge in [-0.3, -0.25) is 4.90 Å². The number of benzene rings is 1. The largest absolute Gasteiger partial charge is 0.473 e. The van der Waals surface area contributed by atoms with Crippen LogP contribution in [0.4, 0.5) is 0 Å². The number of hydrogen-bond acceptors (Lipinski definition) is 4. The number of fused-ring (bicyclic) bond motifs is 4. The Morgan fingerprint density at radius 2 is 1.97 bits per heavy atom. The number of nitrogens with zero attached hydrogens (tertiary/aromatic N) is 4. The zero-order valence-electron chi connectivity index (χ0n) is 22.9. The van der Waals surface area contributed by atoms with Gasteiger partial charge in [0.05, 0.1) is 11.8 Å². The number of aryl methyl sites for hydroxylation is 2. The highest BCUT2D eigenvalue weighted by Crippen LogP contribution is 2.34. The van der Waals surface area contributed by atoms with Crippen molar-refractivity contribution in [2.75, 3.05) is 26.7 Å². The molecule has 1 aliphatic heterocycles. The van der Waals surface area contributed by atoms with Crippen molar-refractivity contribution in [2.45, 2.75) is 53.7 Å². The molecule has 188 valence electrons. The third-order valence-electron chi connectivity index (χ3n) is 6.82. The van der Waals surface area contributed by atoms with Crippen LogP contribution >= 0.6 is 0 Å². The second kappa shape index (κ2) is 11.1. The number of likely N-dealkylation sites (N-methyl/N-ethyl adjacent to an activating group) is 1. The number of hydrogen-bond donors (Lipinski definition) is 0. The summed E-state index contributed by atoms with van der Waals surface area (Å²) in [6.45, 7) is 24.3. The lowest BCUT2D eigenvalue weighted by molar-refractivity contribution is 0.118. The van der Waals surface area contributed by atoms with E-state index in [0.29, 0.717) is 6.04 Å². The molecule has 2 aromatic rings. The second-order valence-electron chi connectivity index (χ2n) is 9.98. The second-order valence-corrected chi connectivity index (χ2v) is 9.98. The first-order chi connectivity index (χ1) is 16.5. The van der Waals surface area contributed by atoms with E-state index in [1.807, 2.05) is 17.9 Å². The van der Waals surface area contributed by atoms with Gasteiger partial charge >= 0.3 is 0 Å². The smallest absolute Gasteiger partial charge is 0.219 e. The van der Waals surface area contributed by atoms with Gasteiger partial charge in [0, 0.05) is 45.5 Å². The molecule has 5 heteroatoms. The summed E-state index contributed by atoms with van der Waals surface area (Å²) in [5.41, 5.74) is 8.81. The fourth-order valence-corrected chi connectivity index (χ4v) is 4.47. The van der Waals surface area contributed by atoms with E-state index < -0.39 is 0 Å². The lowest BCUT2D eigenvalue weighted by Gasteiger charge is -2.34. The first-order valence-corrected chi connectivity index (χ1v) is 12.5. The SMILES string of the molecule is C=C(C)C1=C(\N(C)CC)CN(C(C)C)C[C@H](C)Oc2c(cnn2C)-c2ccc(C)c(c2)C(=C)\C=C\1. The van der Waals surface area contributed by atoms with Crippen molar-refractivity contribution in [1.82, 2.24) is 19.6 Å². The highest BCUT2D eigenvalue weighted by molar-refractivity contribution is 5.80. The van der Waals surface area contributed by atoms with Gasteiger partial charge in [0.25, 0.3) is 0 Å². The highest BCUT2D eigenvalue weighted by Gasteiger charge is 2.22. The molecule has 0 N–H and O–H groups in total. The molecule has 0 unspecified atom stereocenters. The monoisotopic (exact) mass is 474 g/mol. The van der Waals surface area contributed by atoms with Crippen LogP contribution < -0.4 is 4.74 Å². The average Bonchev–Trinajstić information content (AvgIpc) is 3.16. The van der Waals surface area contributed by atoms with Crippen LogP contribution in [0.2, 0.25) is 0 Å². The molecule has 3 rings (SSSR count). The van der Waals surface area contributed by atoms with Gasteiger partial charge in [0.15, 0.2) is 0 Å². The van der Waals surface area contributed by atoms with Crippen molar-refractivity contribution < 1.29 is 4.74 Å². The zero-order chi connectivity index (χ0) is 25.9. The summed E-state index contributed by atoms with van der Waals surface area (Å²) in [5, 5.41) is 4.52. The predicted octanol–water partition coefficient (Wildman–Crippen LogP) is 6.24. The lowest BCUT2D eigenvalue weighted by Crippen LogP contribution is -2.42. The fourth-order valence-electron chi connectivity index (χ4n) is 4.47. The van der Waals surface area contributed by atoms with Crippen molar-refractivity contribution in [3.8, 4) is 17.0 Å². The summed E-state index contributed by atoms with van der Waals surface area (Å²) in [6, 6.07) is 6.83. The van der Waals surface area contributed by atoms with Gasteiger partial charge in [-0.2, -0.15) is 5.10 Å². The summed E-state index contributed by atoms with van der Waals surface area (Å²) in [6.07, 6.45) is 6.19. The number of aromatic nitrogens is 2. The lowest BCUT2D eigenvalue weighted by atomic mass is 9.95. The molecular formula is C30H42N4O. The van der Waals surface area contributed by atoms with Crippen molar-refractivity contribution >= 4 is 5.57 Å². The van der Waals surface area contributed by atoms with E-state index in [1.54, 1.807) is 0 Å². The molecule has 0 saturated heterocycles. The summed E-state index contributed by atoms with van der Waals surface area (Å²) in [7, 11) is 4.09. The first kappa shape index (κ1) is 26.6. The molecule has 1 aliphatic rings. The maximum Gasteiger partial charge on any atom is 0.219 e. The fraction of sp³-hybridized carbons (Fsp3) is 0.433. The standard InChI is InChI=1S/C30H42N4O/c1-11-32(9)29-19-34(21(4)5)18-24(8)35-30-28(17-31-33(30)10)25-14-12-22(6)27(16-25)23(7)13-15-26(29)20(2)3/h12-17,21,24H,2,7,11,18-19H2,1,3-6,8-10H3/b15-13+,29-26-/t24-/m0/s1. The minimum Gasteiger partial charge on any atom is -0.473 e. The molecule has 5 nitrogen and oxygen atoms in total. The number of ether oxygens (including phenoxy) is 1. The van der Waals surface area contributed by atoms with Crippen LogP contribution in [0.3, 0.4) is 0 Å². The Labute approximate surface area is 212 Å². The molecule has 2 heterocycles. The molecule has 2 bridgehead atoms. The molecule has 1 atom stereocenters. The molecule has 1 aromatic heterocycles. The van der Waals surface area contributed by atoms with Crippen LogP contribution in [0.1, 0.15) is 45.7 Å². The third kappa shape index (κ3) is 5.96. The minimum absolute atomic E-state index is 0.0198. The number of allylic oxidation sites excluding steroid dienone is 5. The van der Waals surface area contributed by atoms with Crippen LogP contribution in [0.15, 0.2) is 66.5 Å². The Kier molecular flexibility index (Phi) is 8.44. The summed E-state index contributed by atoms with van der Waals surface area (Å²) in [5.74, 6) is 0.788. The van der Waals surface area contributed by atoms with E-state index >= 15 is 0 Å². The third-order valence-corrected chi connectivity index (χ3v) is 6.82. The highest BCUT2D eigenvalue weighted by atomic mass is 16.5. The topological polar surface area (TPSA) is 33.5 Å². The Balaban J connectivity index is 2.23. The van der Waals surface area contributed by atoms with E-state index in [9.17, 15) is 0 Å². The van der Waals surface area contributed by atoms with Gasteiger partial charge in [-0.15, -0.1) is 0 Å². The van der Waals surface area contributed by atoms with Gasteiger partial charge in [0.2, 0.25) is 5.88 Å². The van der Waals surface area contributed by atoms with E-state index in [0.717, 1.165) is 58.9 Å². The van der Waals surface area contributed by atoms with Gasteiger partial charge in [-0.25, -0.2) is 4.68 Å². The van der Waals surface area contributed by atoms with Gasteiger partial charge in [-0.05, 0) is 81.0 Å². The van der Waals surface area contributed by atoms with Crippen molar-refractivity contribution in [1.29, 1.82) is 0 Å². The van der Waals surface area contributed by atoms with Crippen LogP contribution in [0.5, 0.6) is 5.88 Å². The Morgan fingerprint density at radius 3 is 2.60 bits per heavy atom. The van der Waals surface area contributed by atoms with Gasteiger partial charge in [-0.1, -0.05) is 37.4 Å². The van der Waals surface area contributed by atoms with Crippen LogP contribution in [0, 0.1) is 6.92 Å².